The molecule has 2 aromatic rings. The average molecular weight is 385 g/mol. The Hall–Kier alpha value is -2.73. The maximum Gasteiger partial charge on any atom is 0.191 e. The number of hydrogen-bond acceptors (Lipinski definition) is 4. The van der Waals surface area contributed by atoms with Gasteiger partial charge in [-0.15, -0.1) is 0 Å². The van der Waals surface area contributed by atoms with E-state index in [4.69, 9.17) is 9.47 Å². The number of guanidine groups is 1. The monoisotopic (exact) mass is 384 g/mol. The first-order valence-corrected chi connectivity index (χ1v) is 9.56. The lowest BCUT2D eigenvalue weighted by Crippen LogP contribution is -2.42. The molecule has 2 rings (SSSR count). The number of nitrogens with zero attached hydrogens (tertiary/aromatic N) is 2. The highest BCUT2D eigenvalue weighted by molar-refractivity contribution is 5.79. The minimum atomic E-state index is 0.228. The van der Waals surface area contributed by atoms with Crippen molar-refractivity contribution in [3.05, 3.63) is 60.2 Å². The second-order valence-corrected chi connectivity index (χ2v) is 6.65. The molecule has 0 bridgehead atoms. The van der Waals surface area contributed by atoms with Crippen LogP contribution >= 0.6 is 0 Å². The van der Waals surface area contributed by atoms with Crippen LogP contribution in [0.5, 0.6) is 11.5 Å². The summed E-state index contributed by atoms with van der Waals surface area (Å²) in [4.78, 5) is 6.50. The van der Waals surface area contributed by atoms with Gasteiger partial charge in [0.25, 0.3) is 0 Å². The Kier molecular flexibility index (Phi) is 9.15. The van der Waals surface area contributed by atoms with E-state index < -0.39 is 0 Å². The van der Waals surface area contributed by atoms with Gasteiger partial charge in [-0.3, -0.25) is 4.99 Å². The van der Waals surface area contributed by atoms with Crippen LogP contribution in [0.4, 0.5) is 0 Å². The van der Waals surface area contributed by atoms with Crippen LogP contribution in [0.25, 0.3) is 0 Å². The van der Waals surface area contributed by atoms with E-state index in [0.717, 1.165) is 37.0 Å². The van der Waals surface area contributed by atoms with Crippen LogP contribution < -0.4 is 20.1 Å². The third kappa shape index (κ3) is 7.12. The molecule has 6 heteroatoms. The summed E-state index contributed by atoms with van der Waals surface area (Å²) in [7, 11) is 7.62. The Morgan fingerprint density at radius 1 is 1.00 bits per heavy atom. The Balaban J connectivity index is 1.75. The average Bonchev–Trinajstić information content (AvgIpc) is 2.73. The van der Waals surface area contributed by atoms with Crippen molar-refractivity contribution in [2.75, 3.05) is 47.9 Å². The quantitative estimate of drug-likeness (QED) is 0.375. The zero-order chi connectivity index (χ0) is 20.2. The van der Waals surface area contributed by atoms with Crippen LogP contribution in [0.15, 0.2) is 59.6 Å². The molecular weight excluding hydrogens is 352 g/mol. The molecule has 1 unspecified atom stereocenters. The lowest BCUT2D eigenvalue weighted by atomic mass is 10.1. The number of ether oxygens (including phenoxy) is 2. The van der Waals surface area contributed by atoms with E-state index in [1.807, 2.05) is 42.5 Å². The van der Waals surface area contributed by atoms with E-state index >= 15 is 0 Å². The predicted octanol–water partition coefficient (Wildman–Crippen LogP) is 2.93. The van der Waals surface area contributed by atoms with Crippen molar-refractivity contribution in [2.24, 2.45) is 4.99 Å². The lowest BCUT2D eigenvalue weighted by molar-refractivity contribution is 0.297. The summed E-state index contributed by atoms with van der Waals surface area (Å²) in [6.07, 6.45) is 0.894. The minimum absolute atomic E-state index is 0.228. The van der Waals surface area contributed by atoms with Crippen LogP contribution in [0, 0.1) is 0 Å². The molecular formula is C22H32N4O2. The van der Waals surface area contributed by atoms with Gasteiger partial charge in [0.15, 0.2) is 5.96 Å². The van der Waals surface area contributed by atoms with E-state index in [-0.39, 0.29) is 6.04 Å². The molecule has 2 N–H and O–H groups in total. The highest BCUT2D eigenvalue weighted by atomic mass is 16.5. The van der Waals surface area contributed by atoms with Gasteiger partial charge in [0.2, 0.25) is 0 Å². The molecule has 0 aliphatic heterocycles. The molecule has 0 fully saturated rings. The predicted molar refractivity (Wildman–Crippen MR) is 115 cm³/mol. The third-order valence-electron chi connectivity index (χ3n) is 4.44. The summed E-state index contributed by atoms with van der Waals surface area (Å²) < 4.78 is 11.0. The van der Waals surface area contributed by atoms with E-state index in [2.05, 4.69) is 46.8 Å². The van der Waals surface area contributed by atoms with Crippen LogP contribution in [0.3, 0.4) is 0 Å². The second-order valence-electron chi connectivity index (χ2n) is 6.65. The summed E-state index contributed by atoms with van der Waals surface area (Å²) in [6.45, 7) is 2.21. The summed E-state index contributed by atoms with van der Waals surface area (Å²) in [5, 5.41) is 6.75. The molecule has 152 valence electrons. The topological polar surface area (TPSA) is 58.1 Å². The zero-order valence-corrected chi connectivity index (χ0v) is 17.3. The van der Waals surface area contributed by atoms with Crippen LogP contribution in [0.1, 0.15) is 18.0 Å². The highest BCUT2D eigenvalue weighted by Crippen LogP contribution is 2.20. The molecule has 0 aliphatic carbocycles. The highest BCUT2D eigenvalue weighted by Gasteiger charge is 2.14. The fourth-order valence-electron chi connectivity index (χ4n) is 2.82. The van der Waals surface area contributed by atoms with Crippen molar-refractivity contribution < 1.29 is 9.47 Å². The van der Waals surface area contributed by atoms with Gasteiger partial charge < -0.3 is 25.0 Å². The number of rotatable bonds is 10. The molecule has 0 spiro atoms. The largest absolute Gasteiger partial charge is 0.497 e. The maximum atomic E-state index is 5.71. The second kappa shape index (κ2) is 11.9. The normalized spacial score (nSPS) is 12.5. The van der Waals surface area contributed by atoms with Gasteiger partial charge in [-0.2, -0.15) is 0 Å². The van der Waals surface area contributed by atoms with Crippen LogP contribution in [0.2, 0.25) is 0 Å². The summed E-state index contributed by atoms with van der Waals surface area (Å²) in [5.74, 6) is 2.56. The Labute approximate surface area is 168 Å². The molecule has 0 aliphatic rings. The SMILES string of the molecule is CN=C(NCCCOc1ccccc1)NCC(c1ccc(OC)cc1)N(C)C. The van der Waals surface area contributed by atoms with Crippen molar-refractivity contribution in [3.63, 3.8) is 0 Å². The number of para-hydroxylation sites is 1. The molecule has 0 heterocycles. The first-order chi connectivity index (χ1) is 13.6. The molecule has 1 atom stereocenters. The number of aliphatic imine (C=N–C) groups is 1. The van der Waals surface area contributed by atoms with Crippen molar-refractivity contribution in [1.29, 1.82) is 0 Å². The maximum absolute atomic E-state index is 5.71. The van der Waals surface area contributed by atoms with Crippen molar-refractivity contribution in [1.82, 2.24) is 15.5 Å². The van der Waals surface area contributed by atoms with Gasteiger partial charge in [0.1, 0.15) is 11.5 Å². The molecule has 0 radical (unpaired) electrons. The number of benzene rings is 2. The van der Waals surface area contributed by atoms with E-state index in [9.17, 15) is 0 Å². The van der Waals surface area contributed by atoms with E-state index in [1.165, 1.54) is 5.56 Å². The fourth-order valence-corrected chi connectivity index (χ4v) is 2.82. The zero-order valence-electron chi connectivity index (χ0n) is 17.3. The molecule has 0 saturated carbocycles. The van der Waals surface area contributed by atoms with Crippen LogP contribution in [-0.2, 0) is 0 Å². The Morgan fingerprint density at radius 2 is 1.71 bits per heavy atom. The fraction of sp³-hybridized carbons (Fsp3) is 0.409. The van der Waals surface area contributed by atoms with Crippen LogP contribution in [-0.4, -0.2) is 58.8 Å². The summed E-state index contributed by atoms with van der Waals surface area (Å²) >= 11 is 0. The van der Waals surface area contributed by atoms with Gasteiger partial charge in [-0.05, 0) is 50.3 Å². The van der Waals surface area contributed by atoms with Crippen molar-refractivity contribution in [3.8, 4) is 11.5 Å². The summed E-state index contributed by atoms with van der Waals surface area (Å²) in [5.41, 5.74) is 1.23. The molecule has 0 amide bonds. The van der Waals surface area contributed by atoms with E-state index in [1.54, 1.807) is 14.2 Å². The first-order valence-electron chi connectivity index (χ1n) is 9.56. The van der Waals surface area contributed by atoms with Gasteiger partial charge in [0, 0.05) is 20.1 Å². The molecule has 0 aromatic heterocycles. The number of nitrogens with one attached hydrogen (secondary N) is 2. The van der Waals surface area contributed by atoms with Gasteiger partial charge in [-0.1, -0.05) is 30.3 Å². The third-order valence-corrected chi connectivity index (χ3v) is 4.44. The Bertz CT molecular complexity index is 702. The van der Waals surface area contributed by atoms with Gasteiger partial charge in [0.05, 0.1) is 19.8 Å². The summed E-state index contributed by atoms with van der Waals surface area (Å²) in [6, 6.07) is 18.3. The van der Waals surface area contributed by atoms with Gasteiger partial charge in [-0.25, -0.2) is 0 Å². The van der Waals surface area contributed by atoms with E-state index in [0.29, 0.717) is 6.61 Å². The molecule has 6 nitrogen and oxygen atoms in total. The smallest absolute Gasteiger partial charge is 0.191 e. The number of likely N-dealkylation sites (N-methyl/N-ethyl adjacent to an activating group) is 1. The lowest BCUT2D eigenvalue weighted by Gasteiger charge is -2.26. The first kappa shape index (κ1) is 21.6. The number of hydrogen-bond donors (Lipinski definition) is 2. The standard InChI is InChI=1S/C22H32N4O2/c1-23-22(24-15-8-16-28-20-9-6-5-7-10-20)25-17-21(26(2)3)18-11-13-19(27-4)14-12-18/h5-7,9-14,21H,8,15-17H2,1-4H3,(H2,23,24,25). The Morgan fingerprint density at radius 3 is 2.32 bits per heavy atom. The van der Waals surface area contributed by atoms with Gasteiger partial charge >= 0.3 is 0 Å². The molecule has 28 heavy (non-hydrogen) atoms. The minimum Gasteiger partial charge on any atom is -0.497 e. The van der Waals surface area contributed by atoms with Crippen molar-refractivity contribution in [2.45, 2.75) is 12.5 Å². The van der Waals surface area contributed by atoms with Crippen molar-refractivity contribution >= 4 is 5.96 Å². The molecule has 0 saturated heterocycles. The molecule has 2 aromatic carbocycles. The number of methoxy groups -OCH3 is 1.